The predicted octanol–water partition coefficient (Wildman–Crippen LogP) is 3.17. The molecule has 3 atom stereocenters. The molecule has 2 aliphatic heterocycles. The summed E-state index contributed by atoms with van der Waals surface area (Å²) in [7, 11) is 0. The molecule has 5 rings (SSSR count). The number of fused-ring (bicyclic) bond motifs is 3. The first-order valence-corrected chi connectivity index (χ1v) is 10.8. The number of hydrogen-bond donors (Lipinski definition) is 2. The number of aliphatic hydroxyl groups excluding tert-OH is 1. The van der Waals surface area contributed by atoms with E-state index in [1.165, 1.54) is 12.1 Å². The summed E-state index contributed by atoms with van der Waals surface area (Å²) in [5.41, 5.74) is 2.47. The number of para-hydroxylation sites is 2. The molecule has 0 radical (unpaired) electrons. The van der Waals surface area contributed by atoms with Crippen molar-refractivity contribution in [3.05, 3.63) is 90.0 Å². The number of hydrogen-bond acceptors (Lipinski definition) is 4. The Hall–Kier alpha value is -3.78. The van der Waals surface area contributed by atoms with Crippen LogP contribution in [0.2, 0.25) is 0 Å². The maximum absolute atomic E-state index is 14.1. The second-order valence-corrected chi connectivity index (χ2v) is 8.26. The van der Waals surface area contributed by atoms with Gasteiger partial charge < -0.3 is 15.3 Å². The molecule has 1 aromatic heterocycles. The van der Waals surface area contributed by atoms with Crippen molar-refractivity contribution in [1.29, 1.82) is 0 Å². The van der Waals surface area contributed by atoms with E-state index < -0.39 is 11.8 Å². The molecule has 2 N–H and O–H groups in total. The van der Waals surface area contributed by atoms with Gasteiger partial charge in [0.1, 0.15) is 5.82 Å². The number of aliphatic hydroxyl groups is 1. The van der Waals surface area contributed by atoms with Crippen LogP contribution in [0, 0.1) is 5.82 Å². The zero-order chi connectivity index (χ0) is 22.9. The van der Waals surface area contributed by atoms with E-state index in [2.05, 4.69) is 10.3 Å². The number of nitrogens with one attached hydrogen (secondary N) is 1. The van der Waals surface area contributed by atoms with Gasteiger partial charge in [0, 0.05) is 30.5 Å². The van der Waals surface area contributed by atoms with Gasteiger partial charge in [-0.2, -0.15) is 0 Å². The van der Waals surface area contributed by atoms with Crippen molar-refractivity contribution in [3.63, 3.8) is 0 Å². The molecule has 0 spiro atoms. The second kappa shape index (κ2) is 8.63. The summed E-state index contributed by atoms with van der Waals surface area (Å²) in [6.07, 6.45) is 3.46. The van der Waals surface area contributed by atoms with Gasteiger partial charge >= 0.3 is 6.03 Å². The summed E-state index contributed by atoms with van der Waals surface area (Å²) in [4.78, 5) is 33.6. The van der Waals surface area contributed by atoms with Gasteiger partial charge in [0.15, 0.2) is 0 Å². The molecule has 8 heteroatoms. The van der Waals surface area contributed by atoms with E-state index in [1.54, 1.807) is 40.4 Å². The monoisotopic (exact) mass is 446 g/mol. The predicted molar refractivity (Wildman–Crippen MR) is 121 cm³/mol. The van der Waals surface area contributed by atoms with Gasteiger partial charge in [0.25, 0.3) is 0 Å². The molecule has 0 unspecified atom stereocenters. The van der Waals surface area contributed by atoms with E-state index in [0.29, 0.717) is 5.69 Å². The number of carbonyl (C=O) groups excluding carboxylic acids is 2. The maximum atomic E-state index is 14.1. The molecule has 1 saturated heterocycles. The Labute approximate surface area is 190 Å². The molecule has 168 valence electrons. The molecule has 0 saturated carbocycles. The molecular weight excluding hydrogens is 423 g/mol. The Bertz CT molecular complexity index is 1190. The van der Waals surface area contributed by atoms with Crippen molar-refractivity contribution in [1.82, 2.24) is 9.88 Å². The number of nitrogens with zero attached hydrogens (tertiary/aromatic N) is 3. The van der Waals surface area contributed by atoms with Gasteiger partial charge in [-0.05, 0) is 35.4 Å². The van der Waals surface area contributed by atoms with Crippen molar-refractivity contribution in [2.75, 3.05) is 23.4 Å². The summed E-state index contributed by atoms with van der Waals surface area (Å²) in [5.74, 6) is -0.731. The maximum Gasteiger partial charge on any atom is 0.326 e. The lowest BCUT2D eigenvalue weighted by atomic mass is 9.71. The van der Waals surface area contributed by atoms with E-state index in [4.69, 9.17) is 0 Å². The minimum absolute atomic E-state index is 0.0819. The Morgan fingerprint density at radius 2 is 1.88 bits per heavy atom. The number of benzene rings is 2. The Morgan fingerprint density at radius 1 is 1.09 bits per heavy atom. The average molecular weight is 446 g/mol. The molecule has 2 aliphatic rings. The topological polar surface area (TPSA) is 85.8 Å². The molecule has 3 amide bonds. The molecule has 0 bridgehead atoms. The quantitative estimate of drug-likeness (QED) is 0.645. The van der Waals surface area contributed by atoms with E-state index in [9.17, 15) is 19.1 Å². The summed E-state index contributed by atoms with van der Waals surface area (Å²) >= 11 is 0. The molecule has 33 heavy (non-hydrogen) atoms. The molecule has 0 aliphatic carbocycles. The summed E-state index contributed by atoms with van der Waals surface area (Å²) in [5, 5.41) is 12.7. The number of carbonyl (C=O) groups is 2. The fraction of sp³-hybridized carbons (Fsp3) is 0.240. The van der Waals surface area contributed by atoms with Gasteiger partial charge in [0.2, 0.25) is 5.91 Å². The standard InChI is InChI=1S/C25H23FN4O3/c26-18-8-2-3-9-19(18)28-25(33)29-14-21-24(17-7-1-4-10-20(17)29)22(15-31)30(21)23(32)12-16-6-5-11-27-13-16/h1-11,13,21-22,24,31H,12,14-15H2,(H,28,33)/t21-,22+,24+/m0/s1. The smallest absolute Gasteiger partial charge is 0.326 e. The van der Waals surface area contributed by atoms with Gasteiger partial charge in [-0.1, -0.05) is 36.4 Å². The van der Waals surface area contributed by atoms with Crippen LogP contribution < -0.4 is 10.2 Å². The van der Waals surface area contributed by atoms with Crippen molar-refractivity contribution >= 4 is 23.3 Å². The number of amides is 3. The summed E-state index contributed by atoms with van der Waals surface area (Å²) in [6.45, 7) is 0.0763. The van der Waals surface area contributed by atoms with Crippen LogP contribution in [0.3, 0.4) is 0 Å². The third-order valence-corrected chi connectivity index (χ3v) is 6.41. The van der Waals surface area contributed by atoms with E-state index in [1.807, 2.05) is 30.3 Å². The van der Waals surface area contributed by atoms with Crippen LogP contribution >= 0.6 is 0 Å². The number of likely N-dealkylation sites (tertiary alicyclic amines) is 1. The largest absolute Gasteiger partial charge is 0.394 e. The number of aromatic nitrogens is 1. The first-order chi connectivity index (χ1) is 16.1. The number of urea groups is 1. The molecule has 3 heterocycles. The van der Waals surface area contributed by atoms with Gasteiger partial charge in [0.05, 0.1) is 30.8 Å². The minimum Gasteiger partial charge on any atom is -0.394 e. The highest BCUT2D eigenvalue weighted by Gasteiger charge is 2.55. The highest BCUT2D eigenvalue weighted by molar-refractivity contribution is 6.03. The van der Waals surface area contributed by atoms with Crippen LogP contribution in [-0.2, 0) is 11.2 Å². The highest BCUT2D eigenvalue weighted by atomic mass is 19.1. The minimum atomic E-state index is -0.522. The van der Waals surface area contributed by atoms with Gasteiger partial charge in [-0.15, -0.1) is 0 Å². The molecule has 3 aromatic rings. The fourth-order valence-corrected chi connectivity index (χ4v) is 4.94. The van der Waals surface area contributed by atoms with E-state index in [0.717, 1.165) is 11.1 Å². The van der Waals surface area contributed by atoms with Crippen molar-refractivity contribution in [2.24, 2.45) is 0 Å². The van der Waals surface area contributed by atoms with Gasteiger partial charge in [-0.3, -0.25) is 14.7 Å². The number of anilines is 2. The van der Waals surface area contributed by atoms with E-state index in [-0.39, 0.29) is 49.2 Å². The van der Waals surface area contributed by atoms with Crippen molar-refractivity contribution < 1.29 is 19.1 Å². The fourth-order valence-electron chi connectivity index (χ4n) is 4.94. The first kappa shape index (κ1) is 21.1. The van der Waals surface area contributed by atoms with Crippen molar-refractivity contribution in [3.8, 4) is 0 Å². The molecule has 1 fully saturated rings. The van der Waals surface area contributed by atoms with Gasteiger partial charge in [-0.25, -0.2) is 9.18 Å². The summed E-state index contributed by atoms with van der Waals surface area (Å²) < 4.78 is 14.1. The Balaban J connectivity index is 1.43. The second-order valence-electron chi connectivity index (χ2n) is 8.26. The zero-order valence-corrected chi connectivity index (χ0v) is 17.8. The average Bonchev–Trinajstić information content (AvgIpc) is 2.81. The van der Waals surface area contributed by atoms with Crippen LogP contribution in [0.5, 0.6) is 0 Å². The Kier molecular flexibility index (Phi) is 5.51. The molecule has 7 nitrogen and oxygen atoms in total. The summed E-state index contributed by atoms with van der Waals surface area (Å²) in [6, 6.07) is 15.9. The number of rotatable bonds is 4. The highest BCUT2D eigenvalue weighted by Crippen LogP contribution is 2.48. The van der Waals surface area contributed by atoms with Crippen LogP contribution in [-0.4, -0.2) is 52.2 Å². The van der Waals surface area contributed by atoms with Crippen LogP contribution in [0.1, 0.15) is 17.0 Å². The number of pyridine rings is 1. The lowest BCUT2D eigenvalue weighted by Crippen LogP contribution is -2.71. The van der Waals surface area contributed by atoms with Crippen LogP contribution in [0.15, 0.2) is 73.1 Å². The normalized spacial score (nSPS) is 21.0. The third kappa shape index (κ3) is 3.72. The van der Waals surface area contributed by atoms with Crippen LogP contribution in [0.4, 0.5) is 20.6 Å². The number of halogens is 1. The third-order valence-electron chi connectivity index (χ3n) is 6.41. The SMILES string of the molecule is O=C(Nc1ccccc1F)N1C[C@H]2[C@@H](c3ccccc31)[C@@H](CO)N2C(=O)Cc1cccnc1. The lowest BCUT2D eigenvalue weighted by Gasteiger charge is -2.58. The zero-order valence-electron chi connectivity index (χ0n) is 17.8. The molecule has 2 aromatic carbocycles. The molecular formula is C25H23FN4O3. The van der Waals surface area contributed by atoms with Crippen molar-refractivity contribution in [2.45, 2.75) is 24.4 Å². The lowest BCUT2D eigenvalue weighted by molar-refractivity contribution is -0.149. The first-order valence-electron chi connectivity index (χ1n) is 10.8. The van der Waals surface area contributed by atoms with Crippen LogP contribution in [0.25, 0.3) is 0 Å². The van der Waals surface area contributed by atoms with E-state index >= 15 is 0 Å². The Morgan fingerprint density at radius 3 is 2.64 bits per heavy atom.